The summed E-state index contributed by atoms with van der Waals surface area (Å²) >= 11 is 0. The Balaban J connectivity index is 1.41. The van der Waals surface area contributed by atoms with Crippen molar-refractivity contribution in [3.05, 3.63) is 58.9 Å². The van der Waals surface area contributed by atoms with Crippen molar-refractivity contribution < 1.29 is 9.53 Å². The second-order valence-corrected chi connectivity index (χ2v) is 7.29. The van der Waals surface area contributed by atoms with Crippen LogP contribution < -0.4 is 15.6 Å². The maximum Gasteiger partial charge on any atom is 0.267 e. The number of hydrogen-bond donors (Lipinski definition) is 1. The van der Waals surface area contributed by atoms with Gasteiger partial charge in [-0.3, -0.25) is 9.59 Å². The number of ether oxygens (including phenoxy) is 1. The van der Waals surface area contributed by atoms with E-state index in [-0.39, 0.29) is 18.0 Å². The zero-order valence-electron chi connectivity index (χ0n) is 15.3. The molecule has 1 heterocycles. The minimum absolute atomic E-state index is 0.0700. The van der Waals surface area contributed by atoms with Crippen LogP contribution in [0.2, 0.25) is 0 Å². The maximum absolute atomic E-state index is 12.3. The first-order valence-electron chi connectivity index (χ1n) is 9.30. The molecule has 6 heteroatoms. The van der Waals surface area contributed by atoms with Gasteiger partial charge in [0.25, 0.3) is 5.56 Å². The summed E-state index contributed by atoms with van der Waals surface area (Å²) in [5.74, 6) is 2.36. The van der Waals surface area contributed by atoms with Crippen molar-refractivity contribution in [3.8, 4) is 17.0 Å². The van der Waals surface area contributed by atoms with Crippen molar-refractivity contribution in [1.82, 2.24) is 15.1 Å². The molecule has 4 rings (SSSR count). The number of amides is 1. The van der Waals surface area contributed by atoms with E-state index >= 15 is 0 Å². The third-order valence-corrected chi connectivity index (χ3v) is 5.52. The fourth-order valence-corrected chi connectivity index (χ4v) is 4.04. The Morgan fingerprint density at radius 2 is 2.00 bits per heavy atom. The summed E-state index contributed by atoms with van der Waals surface area (Å²) in [5, 5.41) is 7.32. The molecule has 1 fully saturated rings. The number of allylic oxidation sites excluding steroid dienone is 2. The van der Waals surface area contributed by atoms with Crippen LogP contribution in [0.1, 0.15) is 12.8 Å². The van der Waals surface area contributed by atoms with E-state index in [4.69, 9.17) is 4.74 Å². The van der Waals surface area contributed by atoms with E-state index in [0.29, 0.717) is 30.0 Å². The van der Waals surface area contributed by atoms with E-state index in [2.05, 4.69) is 22.6 Å². The van der Waals surface area contributed by atoms with Crippen molar-refractivity contribution in [2.75, 3.05) is 13.7 Å². The van der Waals surface area contributed by atoms with Crippen molar-refractivity contribution in [2.45, 2.75) is 19.4 Å². The number of aromatic nitrogens is 2. The number of carbonyl (C=O) groups is 1. The summed E-state index contributed by atoms with van der Waals surface area (Å²) in [7, 11) is 1.61. The number of nitrogens with one attached hydrogen (secondary N) is 1. The van der Waals surface area contributed by atoms with Gasteiger partial charge in [-0.15, -0.1) is 0 Å². The SMILES string of the molecule is COc1ccc(-c2ccc(=O)n(CC(=O)NC[C@@H]3CC4C=CC3C4)n2)cc1. The fourth-order valence-electron chi connectivity index (χ4n) is 4.04. The van der Waals surface area contributed by atoms with Crippen LogP contribution in [0.3, 0.4) is 0 Å². The first-order chi connectivity index (χ1) is 13.1. The normalized spacial score (nSPS) is 22.8. The Labute approximate surface area is 157 Å². The van der Waals surface area contributed by atoms with Gasteiger partial charge in [0.05, 0.1) is 12.8 Å². The lowest BCUT2D eigenvalue weighted by Gasteiger charge is -2.18. The number of carbonyl (C=O) groups excluding carboxylic acids is 1. The van der Waals surface area contributed by atoms with Gasteiger partial charge in [0.15, 0.2) is 0 Å². The highest BCUT2D eigenvalue weighted by Crippen LogP contribution is 2.42. The molecule has 3 atom stereocenters. The minimum Gasteiger partial charge on any atom is -0.497 e. The highest BCUT2D eigenvalue weighted by molar-refractivity contribution is 5.75. The largest absolute Gasteiger partial charge is 0.497 e. The third-order valence-electron chi connectivity index (χ3n) is 5.52. The van der Waals surface area contributed by atoms with E-state index in [1.54, 1.807) is 13.2 Å². The number of fused-ring (bicyclic) bond motifs is 2. The molecule has 2 aliphatic carbocycles. The number of benzene rings is 1. The fraction of sp³-hybridized carbons (Fsp3) is 0.381. The van der Waals surface area contributed by atoms with Crippen molar-refractivity contribution in [2.24, 2.45) is 17.8 Å². The van der Waals surface area contributed by atoms with Crippen LogP contribution >= 0.6 is 0 Å². The molecular formula is C21H23N3O3. The highest BCUT2D eigenvalue weighted by atomic mass is 16.5. The van der Waals surface area contributed by atoms with Gasteiger partial charge in [-0.25, -0.2) is 4.68 Å². The standard InChI is InChI=1S/C21H23N3O3/c1-27-18-6-4-15(5-7-18)19-8-9-21(26)24(23-19)13-20(25)22-12-17-11-14-2-3-16(17)10-14/h2-9,14,16-17H,10-13H2,1H3,(H,22,25)/t14?,16?,17-/m0/s1. The molecule has 2 unspecified atom stereocenters. The Morgan fingerprint density at radius 1 is 1.19 bits per heavy atom. The smallest absolute Gasteiger partial charge is 0.267 e. The Bertz CT molecular complexity index is 917. The molecule has 1 amide bonds. The molecule has 1 N–H and O–H groups in total. The molecule has 140 valence electrons. The van der Waals surface area contributed by atoms with Gasteiger partial charge in [-0.05, 0) is 60.9 Å². The molecule has 2 aliphatic rings. The maximum atomic E-state index is 12.3. The topological polar surface area (TPSA) is 73.2 Å². The molecule has 2 bridgehead atoms. The summed E-state index contributed by atoms with van der Waals surface area (Å²) < 4.78 is 6.37. The summed E-state index contributed by atoms with van der Waals surface area (Å²) in [6, 6.07) is 10.5. The predicted octanol–water partition coefficient (Wildman–Crippen LogP) is 2.25. The highest BCUT2D eigenvalue weighted by Gasteiger charge is 2.35. The molecule has 1 aromatic heterocycles. The monoisotopic (exact) mass is 365 g/mol. The first kappa shape index (κ1) is 17.5. The van der Waals surface area contributed by atoms with Gasteiger partial charge in [0.2, 0.25) is 5.91 Å². The average Bonchev–Trinajstić information content (AvgIpc) is 3.31. The Morgan fingerprint density at radius 3 is 2.67 bits per heavy atom. The third kappa shape index (κ3) is 3.79. The van der Waals surface area contributed by atoms with Crippen LogP contribution in [-0.4, -0.2) is 29.3 Å². The average molecular weight is 365 g/mol. The Hall–Kier alpha value is -2.89. The summed E-state index contributed by atoms with van der Waals surface area (Å²) in [6.45, 7) is 0.594. The molecule has 0 spiro atoms. The second kappa shape index (κ2) is 7.39. The lowest BCUT2D eigenvalue weighted by Crippen LogP contribution is -2.36. The molecule has 0 radical (unpaired) electrons. The quantitative estimate of drug-likeness (QED) is 0.797. The summed E-state index contributed by atoms with van der Waals surface area (Å²) in [6.07, 6.45) is 6.92. The van der Waals surface area contributed by atoms with Gasteiger partial charge >= 0.3 is 0 Å². The lowest BCUT2D eigenvalue weighted by atomic mass is 9.94. The van der Waals surface area contributed by atoms with Gasteiger partial charge in [0, 0.05) is 18.2 Å². The van der Waals surface area contributed by atoms with Crippen LogP contribution in [0.25, 0.3) is 11.3 Å². The van der Waals surface area contributed by atoms with E-state index < -0.39 is 0 Å². The molecule has 2 aromatic rings. The second-order valence-electron chi connectivity index (χ2n) is 7.29. The van der Waals surface area contributed by atoms with E-state index in [1.807, 2.05) is 24.3 Å². The van der Waals surface area contributed by atoms with Crippen molar-refractivity contribution >= 4 is 5.91 Å². The molecule has 1 saturated carbocycles. The molecular weight excluding hydrogens is 342 g/mol. The van der Waals surface area contributed by atoms with Crippen LogP contribution in [0.15, 0.2) is 53.3 Å². The zero-order chi connectivity index (χ0) is 18.8. The van der Waals surface area contributed by atoms with E-state index in [9.17, 15) is 9.59 Å². The molecule has 6 nitrogen and oxygen atoms in total. The van der Waals surface area contributed by atoms with Crippen LogP contribution in [0, 0.1) is 17.8 Å². The molecule has 1 aromatic carbocycles. The van der Waals surface area contributed by atoms with Gasteiger partial charge < -0.3 is 10.1 Å². The van der Waals surface area contributed by atoms with Crippen LogP contribution in [-0.2, 0) is 11.3 Å². The number of hydrogen-bond acceptors (Lipinski definition) is 4. The Kier molecular flexibility index (Phi) is 4.79. The van der Waals surface area contributed by atoms with Gasteiger partial charge in [-0.2, -0.15) is 5.10 Å². The van der Waals surface area contributed by atoms with Crippen molar-refractivity contribution in [3.63, 3.8) is 0 Å². The number of nitrogens with zero attached hydrogens (tertiary/aromatic N) is 2. The van der Waals surface area contributed by atoms with Crippen molar-refractivity contribution in [1.29, 1.82) is 0 Å². The zero-order valence-corrected chi connectivity index (χ0v) is 15.3. The van der Waals surface area contributed by atoms with E-state index in [1.165, 1.54) is 17.2 Å². The summed E-state index contributed by atoms with van der Waals surface area (Å²) in [5.41, 5.74) is 1.22. The molecule has 0 aliphatic heterocycles. The number of methoxy groups -OCH3 is 1. The van der Waals surface area contributed by atoms with Gasteiger partial charge in [-0.1, -0.05) is 12.2 Å². The van der Waals surface area contributed by atoms with Gasteiger partial charge in [0.1, 0.15) is 12.3 Å². The first-order valence-corrected chi connectivity index (χ1v) is 9.30. The van der Waals surface area contributed by atoms with E-state index in [0.717, 1.165) is 17.7 Å². The number of rotatable bonds is 6. The summed E-state index contributed by atoms with van der Waals surface area (Å²) in [4.78, 5) is 24.4. The van der Waals surface area contributed by atoms with Crippen LogP contribution in [0.5, 0.6) is 5.75 Å². The minimum atomic E-state index is -0.287. The van der Waals surface area contributed by atoms with Crippen LogP contribution in [0.4, 0.5) is 0 Å². The predicted molar refractivity (Wildman–Crippen MR) is 102 cm³/mol. The lowest BCUT2D eigenvalue weighted by molar-refractivity contribution is -0.122. The molecule has 0 saturated heterocycles. The molecule has 27 heavy (non-hydrogen) atoms.